The van der Waals surface area contributed by atoms with Gasteiger partial charge in [-0.15, -0.1) is 0 Å². The summed E-state index contributed by atoms with van der Waals surface area (Å²) in [7, 11) is 0. The van der Waals surface area contributed by atoms with Crippen molar-refractivity contribution >= 4 is 47.8 Å². The second-order valence-corrected chi connectivity index (χ2v) is 6.98. The molecule has 0 bridgehead atoms. The van der Waals surface area contributed by atoms with Crippen LogP contribution in [0.4, 0.5) is 0 Å². The van der Waals surface area contributed by atoms with Gasteiger partial charge in [-0.1, -0.05) is 35.7 Å². The molecule has 0 radical (unpaired) electrons. The number of aliphatic hydroxyl groups excluding tert-OH is 1. The zero-order valence-corrected chi connectivity index (χ0v) is 12.6. The molecule has 0 aromatic heterocycles. The molecule has 1 saturated heterocycles. The molecule has 1 N–H and O–H groups in total. The molecule has 1 aliphatic rings. The highest BCUT2D eigenvalue weighted by Gasteiger charge is 2.39. The highest BCUT2D eigenvalue weighted by atomic mass is 79.9. The maximum atomic E-state index is 9.68. The molecule has 0 aliphatic carbocycles. The summed E-state index contributed by atoms with van der Waals surface area (Å²) >= 11 is 10.1. The van der Waals surface area contributed by atoms with Gasteiger partial charge >= 0.3 is 0 Å². The SMILES string of the molecule is CCCCC1C(O)OC(=C(Br)Br)C1Br. The first-order chi connectivity index (χ1) is 6.57. The molecular weight excluding hydrogens is 380 g/mol. The Morgan fingerprint density at radius 3 is 2.57 bits per heavy atom. The summed E-state index contributed by atoms with van der Waals surface area (Å²) in [6.45, 7) is 2.14. The first-order valence-corrected chi connectivity index (χ1v) is 7.12. The van der Waals surface area contributed by atoms with Gasteiger partial charge < -0.3 is 9.84 Å². The Morgan fingerprint density at radius 2 is 2.14 bits per heavy atom. The largest absolute Gasteiger partial charge is 0.466 e. The van der Waals surface area contributed by atoms with E-state index in [9.17, 15) is 5.11 Å². The number of halogens is 3. The van der Waals surface area contributed by atoms with Crippen molar-refractivity contribution in [3.8, 4) is 0 Å². The topological polar surface area (TPSA) is 29.5 Å². The lowest BCUT2D eigenvalue weighted by atomic mass is 9.99. The van der Waals surface area contributed by atoms with E-state index in [1.54, 1.807) is 0 Å². The van der Waals surface area contributed by atoms with Gasteiger partial charge in [0.25, 0.3) is 0 Å². The van der Waals surface area contributed by atoms with Gasteiger partial charge in [-0.05, 0) is 38.3 Å². The summed E-state index contributed by atoms with van der Waals surface area (Å²) in [4.78, 5) is 0.0952. The van der Waals surface area contributed by atoms with Gasteiger partial charge in [-0.2, -0.15) is 0 Å². The summed E-state index contributed by atoms with van der Waals surface area (Å²) < 4.78 is 6.11. The Bertz CT molecular complexity index is 226. The van der Waals surface area contributed by atoms with Crippen molar-refractivity contribution in [2.75, 3.05) is 0 Å². The molecule has 1 rings (SSSR count). The van der Waals surface area contributed by atoms with E-state index in [2.05, 4.69) is 54.7 Å². The molecule has 5 heteroatoms. The zero-order chi connectivity index (χ0) is 10.7. The van der Waals surface area contributed by atoms with Gasteiger partial charge in [0, 0.05) is 5.92 Å². The van der Waals surface area contributed by atoms with Crippen LogP contribution in [0.3, 0.4) is 0 Å². The Hall–Kier alpha value is 0.940. The minimum atomic E-state index is -0.689. The van der Waals surface area contributed by atoms with E-state index in [0.29, 0.717) is 0 Å². The van der Waals surface area contributed by atoms with Gasteiger partial charge in [0.1, 0.15) is 5.76 Å². The van der Waals surface area contributed by atoms with Crippen LogP contribution in [0.2, 0.25) is 0 Å². The second-order valence-electron chi connectivity index (χ2n) is 3.34. The lowest BCUT2D eigenvalue weighted by Crippen LogP contribution is -2.19. The van der Waals surface area contributed by atoms with E-state index < -0.39 is 6.29 Å². The van der Waals surface area contributed by atoms with Crippen LogP contribution in [0.15, 0.2) is 9.15 Å². The minimum Gasteiger partial charge on any atom is -0.466 e. The number of unbranched alkanes of at least 4 members (excludes halogenated alkanes) is 1. The standard InChI is InChI=1S/C9H13Br3O2/c1-2-3-4-5-6(10)7(8(11)12)14-9(5)13/h5-6,9,13H,2-4H2,1H3. The molecule has 1 aliphatic heterocycles. The van der Waals surface area contributed by atoms with Gasteiger partial charge in [-0.3, -0.25) is 0 Å². The number of rotatable bonds is 3. The van der Waals surface area contributed by atoms with Crippen molar-refractivity contribution in [1.82, 2.24) is 0 Å². The predicted octanol–water partition coefficient (Wildman–Crippen LogP) is 3.86. The molecule has 1 heterocycles. The van der Waals surface area contributed by atoms with Crippen LogP contribution in [0.5, 0.6) is 0 Å². The summed E-state index contributed by atoms with van der Waals surface area (Å²) in [5.74, 6) is 0.897. The Labute approximate surface area is 109 Å². The van der Waals surface area contributed by atoms with E-state index in [1.807, 2.05) is 0 Å². The van der Waals surface area contributed by atoms with Crippen LogP contribution < -0.4 is 0 Å². The second kappa shape index (κ2) is 5.87. The van der Waals surface area contributed by atoms with Gasteiger partial charge in [0.15, 0.2) is 0 Å². The molecule has 0 aromatic carbocycles. The van der Waals surface area contributed by atoms with Crippen LogP contribution in [0.1, 0.15) is 26.2 Å². The van der Waals surface area contributed by atoms with E-state index in [-0.39, 0.29) is 10.7 Å². The normalized spacial score (nSPS) is 31.8. The zero-order valence-electron chi connectivity index (χ0n) is 7.84. The molecule has 3 atom stereocenters. The Balaban J connectivity index is 2.65. The van der Waals surface area contributed by atoms with Gasteiger partial charge in [0.05, 0.1) is 8.22 Å². The molecule has 0 amide bonds. The van der Waals surface area contributed by atoms with Crippen LogP contribution in [-0.2, 0) is 4.74 Å². The molecule has 3 unspecified atom stereocenters. The Morgan fingerprint density at radius 1 is 1.50 bits per heavy atom. The average molecular weight is 393 g/mol. The number of ether oxygens (including phenoxy) is 1. The van der Waals surface area contributed by atoms with Crippen molar-refractivity contribution in [2.24, 2.45) is 5.92 Å². The number of hydrogen-bond donors (Lipinski definition) is 1. The fourth-order valence-electron chi connectivity index (χ4n) is 1.50. The van der Waals surface area contributed by atoms with Gasteiger partial charge in [0.2, 0.25) is 6.29 Å². The van der Waals surface area contributed by atoms with E-state index >= 15 is 0 Å². The van der Waals surface area contributed by atoms with Crippen molar-refractivity contribution in [2.45, 2.75) is 37.3 Å². The third kappa shape index (κ3) is 2.97. The van der Waals surface area contributed by atoms with Crippen LogP contribution in [-0.4, -0.2) is 16.2 Å². The van der Waals surface area contributed by atoms with Crippen molar-refractivity contribution in [3.05, 3.63) is 9.15 Å². The summed E-state index contributed by atoms with van der Waals surface area (Å²) in [6, 6.07) is 0. The van der Waals surface area contributed by atoms with Crippen molar-refractivity contribution in [1.29, 1.82) is 0 Å². The lowest BCUT2D eigenvalue weighted by molar-refractivity contribution is -0.0645. The average Bonchev–Trinajstić information content (AvgIpc) is 2.40. The number of alkyl halides is 1. The molecule has 0 spiro atoms. The third-order valence-corrected chi connectivity index (χ3v) is 4.19. The fraction of sp³-hybridized carbons (Fsp3) is 0.778. The van der Waals surface area contributed by atoms with Crippen LogP contribution in [0.25, 0.3) is 0 Å². The minimum absolute atomic E-state index is 0.0952. The fourth-order valence-corrected chi connectivity index (χ4v) is 3.66. The molecular formula is C9H13Br3O2. The Kier molecular flexibility index (Phi) is 5.45. The first-order valence-electron chi connectivity index (χ1n) is 4.61. The number of allylic oxidation sites excluding steroid dienone is 1. The van der Waals surface area contributed by atoms with Crippen LogP contribution in [0, 0.1) is 5.92 Å². The molecule has 1 fully saturated rings. The van der Waals surface area contributed by atoms with E-state index in [0.717, 1.165) is 28.4 Å². The molecule has 14 heavy (non-hydrogen) atoms. The van der Waals surface area contributed by atoms with E-state index in [1.165, 1.54) is 0 Å². The lowest BCUT2D eigenvalue weighted by Gasteiger charge is -2.13. The predicted molar refractivity (Wildman–Crippen MR) is 67.7 cm³/mol. The molecule has 82 valence electrons. The molecule has 2 nitrogen and oxygen atoms in total. The van der Waals surface area contributed by atoms with Gasteiger partial charge in [-0.25, -0.2) is 0 Å². The van der Waals surface area contributed by atoms with E-state index in [4.69, 9.17) is 4.74 Å². The number of hydrogen-bond acceptors (Lipinski definition) is 2. The van der Waals surface area contributed by atoms with Crippen molar-refractivity contribution in [3.63, 3.8) is 0 Å². The smallest absolute Gasteiger partial charge is 0.201 e. The third-order valence-electron chi connectivity index (χ3n) is 2.32. The summed E-state index contributed by atoms with van der Waals surface area (Å²) in [5.41, 5.74) is 0. The van der Waals surface area contributed by atoms with Crippen LogP contribution >= 0.6 is 47.8 Å². The summed E-state index contributed by atoms with van der Waals surface area (Å²) in [6.07, 6.45) is 2.54. The van der Waals surface area contributed by atoms with Crippen molar-refractivity contribution < 1.29 is 9.84 Å². The quantitative estimate of drug-likeness (QED) is 0.739. The summed E-state index contributed by atoms with van der Waals surface area (Å²) in [5, 5.41) is 9.68. The highest BCUT2D eigenvalue weighted by molar-refractivity contribution is 9.28. The maximum absolute atomic E-state index is 9.68. The first kappa shape index (κ1) is 13.0. The maximum Gasteiger partial charge on any atom is 0.201 e. The highest BCUT2D eigenvalue weighted by Crippen LogP contribution is 2.41. The molecule has 0 aromatic rings. The molecule has 0 saturated carbocycles. The number of aliphatic hydroxyl groups is 1. The monoisotopic (exact) mass is 390 g/mol.